The van der Waals surface area contributed by atoms with E-state index in [1.54, 1.807) is 18.3 Å². The molecule has 0 aliphatic heterocycles. The second-order valence-electron chi connectivity index (χ2n) is 3.86. The van der Waals surface area contributed by atoms with Crippen LogP contribution in [0.2, 0.25) is 0 Å². The molecule has 0 bridgehead atoms. The molecule has 98 valence electrons. The third-order valence-electron chi connectivity index (χ3n) is 2.64. The standard InChI is InChI=1S/C15H15NO3/c1-18-13-9-11(10-14(19-2)15(13)17)6-7-12-5-3-4-8-16-12/h3-10,17H,1-2H3. The van der Waals surface area contributed by atoms with Gasteiger partial charge in [-0.1, -0.05) is 12.1 Å². The zero-order valence-corrected chi connectivity index (χ0v) is 10.8. The summed E-state index contributed by atoms with van der Waals surface area (Å²) in [6.07, 6.45) is 5.50. The Bertz CT molecular complexity index is 554. The van der Waals surface area contributed by atoms with E-state index in [1.165, 1.54) is 14.2 Å². The van der Waals surface area contributed by atoms with Crippen LogP contribution < -0.4 is 9.47 Å². The molecule has 1 aromatic carbocycles. The summed E-state index contributed by atoms with van der Waals surface area (Å²) in [6.45, 7) is 0. The first-order valence-corrected chi connectivity index (χ1v) is 5.78. The van der Waals surface area contributed by atoms with Crippen LogP contribution in [-0.2, 0) is 0 Å². The second-order valence-corrected chi connectivity index (χ2v) is 3.86. The van der Waals surface area contributed by atoms with E-state index in [4.69, 9.17) is 9.47 Å². The maximum absolute atomic E-state index is 9.81. The molecule has 0 saturated carbocycles. The predicted molar refractivity (Wildman–Crippen MR) is 74.4 cm³/mol. The molecule has 1 heterocycles. The molecular weight excluding hydrogens is 242 g/mol. The van der Waals surface area contributed by atoms with E-state index in [1.807, 2.05) is 30.4 Å². The lowest BCUT2D eigenvalue weighted by Gasteiger charge is -2.09. The van der Waals surface area contributed by atoms with Gasteiger partial charge in [0.1, 0.15) is 0 Å². The van der Waals surface area contributed by atoms with Gasteiger partial charge in [0.25, 0.3) is 0 Å². The van der Waals surface area contributed by atoms with Gasteiger partial charge >= 0.3 is 0 Å². The van der Waals surface area contributed by atoms with Crippen molar-refractivity contribution in [1.82, 2.24) is 4.98 Å². The summed E-state index contributed by atoms with van der Waals surface area (Å²) in [6, 6.07) is 9.16. The van der Waals surface area contributed by atoms with E-state index >= 15 is 0 Å². The van der Waals surface area contributed by atoms with E-state index in [9.17, 15) is 5.11 Å². The summed E-state index contributed by atoms with van der Waals surface area (Å²) >= 11 is 0. The molecule has 0 radical (unpaired) electrons. The molecular formula is C15H15NO3. The molecule has 19 heavy (non-hydrogen) atoms. The van der Waals surface area contributed by atoms with Gasteiger partial charge < -0.3 is 14.6 Å². The highest BCUT2D eigenvalue weighted by molar-refractivity contribution is 5.71. The number of aromatic nitrogens is 1. The summed E-state index contributed by atoms with van der Waals surface area (Å²) in [5, 5.41) is 9.81. The first-order chi connectivity index (χ1) is 9.24. The molecule has 0 spiro atoms. The average Bonchev–Trinajstić information content (AvgIpc) is 2.47. The van der Waals surface area contributed by atoms with Crippen molar-refractivity contribution < 1.29 is 14.6 Å². The minimum atomic E-state index is -0.0000129. The molecule has 2 aromatic rings. The van der Waals surface area contributed by atoms with Crippen LogP contribution in [0.25, 0.3) is 12.2 Å². The van der Waals surface area contributed by atoms with E-state index in [0.29, 0.717) is 11.5 Å². The number of methoxy groups -OCH3 is 2. The molecule has 0 saturated heterocycles. The summed E-state index contributed by atoms with van der Waals surface area (Å²) in [7, 11) is 3.00. The van der Waals surface area contributed by atoms with E-state index in [2.05, 4.69) is 4.98 Å². The number of rotatable bonds is 4. The van der Waals surface area contributed by atoms with E-state index in [0.717, 1.165) is 11.3 Å². The van der Waals surface area contributed by atoms with Crippen LogP contribution in [0.15, 0.2) is 36.5 Å². The molecule has 1 N–H and O–H groups in total. The van der Waals surface area contributed by atoms with E-state index < -0.39 is 0 Å². The Labute approximate surface area is 111 Å². The third-order valence-corrected chi connectivity index (χ3v) is 2.64. The maximum atomic E-state index is 9.81. The Morgan fingerprint density at radius 1 is 1.05 bits per heavy atom. The second kappa shape index (κ2) is 5.91. The highest BCUT2D eigenvalue weighted by Crippen LogP contribution is 2.37. The number of nitrogens with zero attached hydrogens (tertiary/aromatic N) is 1. The Morgan fingerprint density at radius 2 is 1.74 bits per heavy atom. The van der Waals surface area contributed by atoms with Crippen molar-refractivity contribution in [3.05, 3.63) is 47.8 Å². The van der Waals surface area contributed by atoms with Crippen molar-refractivity contribution in [2.45, 2.75) is 0 Å². The zero-order valence-electron chi connectivity index (χ0n) is 10.8. The molecule has 0 aliphatic rings. The highest BCUT2D eigenvalue weighted by atomic mass is 16.5. The van der Waals surface area contributed by atoms with Crippen molar-refractivity contribution in [2.24, 2.45) is 0 Å². The molecule has 4 nitrogen and oxygen atoms in total. The van der Waals surface area contributed by atoms with Crippen LogP contribution in [-0.4, -0.2) is 24.3 Å². The van der Waals surface area contributed by atoms with Gasteiger partial charge in [0.2, 0.25) is 5.75 Å². The van der Waals surface area contributed by atoms with Gasteiger partial charge in [0.05, 0.1) is 19.9 Å². The van der Waals surface area contributed by atoms with Gasteiger partial charge in [-0.2, -0.15) is 0 Å². The van der Waals surface area contributed by atoms with Gasteiger partial charge in [-0.15, -0.1) is 0 Å². The zero-order chi connectivity index (χ0) is 13.7. The molecule has 0 unspecified atom stereocenters. The Hall–Kier alpha value is -2.49. The normalized spacial score (nSPS) is 10.6. The number of hydrogen-bond donors (Lipinski definition) is 1. The maximum Gasteiger partial charge on any atom is 0.200 e. The minimum absolute atomic E-state index is 0.0000129. The summed E-state index contributed by atoms with van der Waals surface area (Å²) < 4.78 is 10.2. The van der Waals surface area contributed by atoms with Crippen LogP contribution >= 0.6 is 0 Å². The Balaban J connectivity index is 2.33. The van der Waals surface area contributed by atoms with Crippen LogP contribution in [0.1, 0.15) is 11.3 Å². The monoisotopic (exact) mass is 257 g/mol. The first kappa shape index (κ1) is 13.0. The quantitative estimate of drug-likeness (QED) is 0.914. The van der Waals surface area contributed by atoms with E-state index in [-0.39, 0.29) is 5.75 Å². The fraction of sp³-hybridized carbons (Fsp3) is 0.133. The van der Waals surface area contributed by atoms with Gasteiger partial charge in [-0.05, 0) is 35.9 Å². The molecule has 2 rings (SSSR count). The number of aromatic hydroxyl groups is 1. The van der Waals surface area contributed by atoms with Crippen LogP contribution in [0.3, 0.4) is 0 Å². The largest absolute Gasteiger partial charge is 0.502 e. The molecule has 1 aromatic heterocycles. The molecule has 0 atom stereocenters. The van der Waals surface area contributed by atoms with Gasteiger partial charge in [0, 0.05) is 6.20 Å². The molecule has 4 heteroatoms. The molecule has 0 amide bonds. The van der Waals surface area contributed by atoms with Crippen LogP contribution in [0.5, 0.6) is 17.2 Å². The van der Waals surface area contributed by atoms with Gasteiger partial charge in [-0.25, -0.2) is 0 Å². The fourth-order valence-corrected chi connectivity index (χ4v) is 1.67. The number of hydrogen-bond acceptors (Lipinski definition) is 4. The summed E-state index contributed by atoms with van der Waals surface area (Å²) in [5.74, 6) is 0.750. The Kier molecular flexibility index (Phi) is 4.03. The predicted octanol–water partition coefficient (Wildman–Crippen LogP) is 2.97. The number of phenols is 1. The lowest BCUT2D eigenvalue weighted by atomic mass is 10.1. The number of ether oxygens (including phenoxy) is 2. The van der Waals surface area contributed by atoms with Crippen molar-refractivity contribution in [2.75, 3.05) is 14.2 Å². The van der Waals surface area contributed by atoms with Gasteiger partial charge in [0.15, 0.2) is 11.5 Å². The topological polar surface area (TPSA) is 51.6 Å². The highest BCUT2D eigenvalue weighted by Gasteiger charge is 2.09. The van der Waals surface area contributed by atoms with Crippen molar-refractivity contribution >= 4 is 12.2 Å². The van der Waals surface area contributed by atoms with Crippen molar-refractivity contribution in [1.29, 1.82) is 0 Å². The number of phenolic OH excluding ortho intramolecular Hbond substituents is 1. The SMILES string of the molecule is COc1cc(C=Cc2ccccn2)cc(OC)c1O. The lowest BCUT2D eigenvalue weighted by molar-refractivity contribution is 0.340. The van der Waals surface area contributed by atoms with Gasteiger partial charge in [-0.3, -0.25) is 4.98 Å². The van der Waals surface area contributed by atoms with Crippen molar-refractivity contribution in [3.8, 4) is 17.2 Å². The fourth-order valence-electron chi connectivity index (χ4n) is 1.67. The smallest absolute Gasteiger partial charge is 0.200 e. The molecule has 0 fully saturated rings. The van der Waals surface area contributed by atoms with Crippen LogP contribution in [0, 0.1) is 0 Å². The first-order valence-electron chi connectivity index (χ1n) is 5.78. The third kappa shape index (κ3) is 3.04. The summed E-state index contributed by atoms with van der Waals surface area (Å²) in [5.41, 5.74) is 1.71. The van der Waals surface area contributed by atoms with Crippen molar-refractivity contribution in [3.63, 3.8) is 0 Å². The number of pyridine rings is 1. The Morgan fingerprint density at radius 3 is 2.26 bits per heavy atom. The minimum Gasteiger partial charge on any atom is -0.502 e. The summed E-state index contributed by atoms with van der Waals surface area (Å²) in [4.78, 5) is 4.20. The number of benzene rings is 1. The van der Waals surface area contributed by atoms with Crippen LogP contribution in [0.4, 0.5) is 0 Å². The lowest BCUT2D eigenvalue weighted by Crippen LogP contribution is -1.90. The average molecular weight is 257 g/mol. The molecule has 0 aliphatic carbocycles.